The van der Waals surface area contributed by atoms with Crippen molar-refractivity contribution in [1.82, 2.24) is 9.97 Å². The Labute approximate surface area is 212 Å². The summed E-state index contributed by atoms with van der Waals surface area (Å²) >= 11 is 1.55. The highest BCUT2D eigenvalue weighted by Crippen LogP contribution is 2.34. The van der Waals surface area contributed by atoms with Crippen LogP contribution in [0.15, 0.2) is 54.6 Å². The number of anilines is 2. The molecule has 0 saturated carbocycles. The standard InChI is InChI=1S/C27H27F3N4OS/c1-18-15-23-24(32-26(33-25(23)36-18)34-14-12-27(29,30)16-34)31-13-2-3-19-4-6-20(7-5-19)21-8-10-22(11-9-21)35-17-28/h4-11,15H,2-3,12-14,16-17H2,1H3,(H,31,32,33). The van der Waals surface area contributed by atoms with E-state index < -0.39 is 12.8 Å². The van der Waals surface area contributed by atoms with Crippen LogP contribution in [0.5, 0.6) is 5.75 Å². The molecule has 1 fully saturated rings. The summed E-state index contributed by atoms with van der Waals surface area (Å²) in [6.07, 6.45) is 1.61. The van der Waals surface area contributed by atoms with Crippen molar-refractivity contribution in [3.63, 3.8) is 0 Å². The molecule has 0 aliphatic carbocycles. The van der Waals surface area contributed by atoms with Gasteiger partial charge in [-0.15, -0.1) is 11.3 Å². The van der Waals surface area contributed by atoms with Gasteiger partial charge in [-0.1, -0.05) is 36.4 Å². The number of aromatic nitrogens is 2. The van der Waals surface area contributed by atoms with Crippen LogP contribution in [-0.2, 0) is 6.42 Å². The highest BCUT2D eigenvalue weighted by molar-refractivity contribution is 7.18. The molecule has 0 radical (unpaired) electrons. The molecule has 188 valence electrons. The maximum Gasteiger partial charge on any atom is 0.267 e. The van der Waals surface area contributed by atoms with Gasteiger partial charge in [-0.3, -0.25) is 0 Å². The lowest BCUT2D eigenvalue weighted by atomic mass is 10.0. The van der Waals surface area contributed by atoms with Gasteiger partial charge in [0.1, 0.15) is 16.4 Å². The first kappa shape index (κ1) is 24.4. The average molecular weight is 513 g/mol. The zero-order chi connectivity index (χ0) is 25.1. The van der Waals surface area contributed by atoms with Gasteiger partial charge in [0.2, 0.25) is 12.8 Å². The summed E-state index contributed by atoms with van der Waals surface area (Å²) in [5.41, 5.74) is 3.34. The van der Waals surface area contributed by atoms with Crippen molar-refractivity contribution in [2.24, 2.45) is 0 Å². The van der Waals surface area contributed by atoms with Gasteiger partial charge in [-0.2, -0.15) is 4.98 Å². The minimum absolute atomic E-state index is 0.168. The number of hydrogen-bond acceptors (Lipinski definition) is 6. The van der Waals surface area contributed by atoms with Crippen molar-refractivity contribution in [2.75, 3.05) is 36.7 Å². The van der Waals surface area contributed by atoms with Gasteiger partial charge >= 0.3 is 0 Å². The Morgan fingerprint density at radius 1 is 1.06 bits per heavy atom. The van der Waals surface area contributed by atoms with Gasteiger partial charge in [0.05, 0.1) is 11.9 Å². The molecular formula is C27H27F3N4OS. The van der Waals surface area contributed by atoms with Gasteiger partial charge in [-0.25, -0.2) is 18.2 Å². The summed E-state index contributed by atoms with van der Waals surface area (Å²) in [6.45, 7) is 1.79. The molecule has 1 saturated heterocycles. The molecule has 36 heavy (non-hydrogen) atoms. The van der Waals surface area contributed by atoms with E-state index in [0.29, 0.717) is 24.1 Å². The Kier molecular flexibility index (Phi) is 7.00. The summed E-state index contributed by atoms with van der Waals surface area (Å²) in [5, 5.41) is 4.34. The first-order valence-corrected chi connectivity index (χ1v) is 12.7. The molecule has 5 nitrogen and oxygen atoms in total. The Hall–Kier alpha value is -3.33. The molecule has 1 aliphatic rings. The molecule has 5 rings (SSSR count). The quantitative estimate of drug-likeness (QED) is 0.248. The second kappa shape index (κ2) is 10.3. The molecule has 9 heteroatoms. The number of hydrogen-bond donors (Lipinski definition) is 1. The van der Waals surface area contributed by atoms with Gasteiger partial charge in [-0.05, 0) is 54.7 Å². The zero-order valence-corrected chi connectivity index (χ0v) is 20.8. The SMILES string of the molecule is Cc1cc2c(NCCCc3ccc(-c4ccc(OCF)cc4)cc3)nc(N3CCC(F)(F)C3)nc2s1. The fourth-order valence-electron chi connectivity index (χ4n) is 4.38. The number of nitrogens with zero attached hydrogens (tertiary/aromatic N) is 3. The van der Waals surface area contributed by atoms with Crippen LogP contribution in [0, 0.1) is 6.92 Å². The van der Waals surface area contributed by atoms with Crippen LogP contribution < -0.4 is 15.0 Å². The van der Waals surface area contributed by atoms with Gasteiger partial charge in [0.25, 0.3) is 5.92 Å². The Bertz CT molecular complexity index is 1330. The van der Waals surface area contributed by atoms with E-state index in [1.54, 1.807) is 28.4 Å². The zero-order valence-electron chi connectivity index (χ0n) is 19.9. The van der Waals surface area contributed by atoms with Crippen molar-refractivity contribution in [3.05, 3.63) is 65.0 Å². The molecule has 1 N–H and O–H groups in total. The third-order valence-electron chi connectivity index (χ3n) is 6.25. The summed E-state index contributed by atoms with van der Waals surface area (Å²) in [6, 6.07) is 17.8. The predicted molar refractivity (Wildman–Crippen MR) is 139 cm³/mol. The number of aryl methyl sites for hydroxylation is 2. The topological polar surface area (TPSA) is 50.3 Å². The largest absolute Gasteiger partial charge is 0.463 e. The minimum atomic E-state index is -2.69. The summed E-state index contributed by atoms with van der Waals surface area (Å²) in [5.74, 6) is -1.12. The van der Waals surface area contributed by atoms with E-state index in [1.165, 1.54) is 5.56 Å². The number of alkyl halides is 3. The van der Waals surface area contributed by atoms with Gasteiger partial charge in [0, 0.05) is 24.4 Å². The maximum absolute atomic E-state index is 13.7. The molecule has 4 aromatic rings. The van der Waals surface area contributed by atoms with Crippen LogP contribution in [0.3, 0.4) is 0 Å². The van der Waals surface area contributed by atoms with Crippen molar-refractivity contribution in [1.29, 1.82) is 0 Å². The van der Waals surface area contributed by atoms with Gasteiger partial charge in [0.15, 0.2) is 0 Å². The highest BCUT2D eigenvalue weighted by Gasteiger charge is 2.39. The van der Waals surface area contributed by atoms with Crippen molar-refractivity contribution >= 4 is 33.3 Å². The molecule has 1 aliphatic heterocycles. The molecule has 0 amide bonds. The van der Waals surface area contributed by atoms with E-state index in [1.807, 2.05) is 25.1 Å². The van der Waals surface area contributed by atoms with E-state index in [9.17, 15) is 13.2 Å². The molecule has 2 aromatic carbocycles. The second-order valence-electron chi connectivity index (χ2n) is 8.98. The number of halogens is 3. The van der Waals surface area contributed by atoms with Crippen LogP contribution in [-0.4, -0.2) is 42.4 Å². The third-order valence-corrected chi connectivity index (χ3v) is 7.20. The third kappa shape index (κ3) is 5.56. The van der Waals surface area contributed by atoms with Crippen LogP contribution >= 0.6 is 11.3 Å². The normalized spacial score (nSPS) is 14.9. The number of benzene rings is 2. The van der Waals surface area contributed by atoms with Crippen LogP contribution in [0.2, 0.25) is 0 Å². The molecule has 0 spiro atoms. The van der Waals surface area contributed by atoms with E-state index in [0.717, 1.165) is 39.1 Å². The van der Waals surface area contributed by atoms with Crippen LogP contribution in [0.1, 0.15) is 23.3 Å². The first-order chi connectivity index (χ1) is 17.4. The Morgan fingerprint density at radius 2 is 1.78 bits per heavy atom. The Morgan fingerprint density at radius 3 is 2.44 bits per heavy atom. The smallest absolute Gasteiger partial charge is 0.267 e. The first-order valence-electron chi connectivity index (χ1n) is 11.9. The second-order valence-corrected chi connectivity index (χ2v) is 10.2. The van der Waals surface area contributed by atoms with E-state index >= 15 is 0 Å². The van der Waals surface area contributed by atoms with E-state index in [2.05, 4.69) is 39.6 Å². The maximum atomic E-state index is 13.7. The van der Waals surface area contributed by atoms with Crippen molar-refractivity contribution < 1.29 is 17.9 Å². The predicted octanol–water partition coefficient (Wildman–Crippen LogP) is 6.86. The molecule has 0 atom stereocenters. The summed E-state index contributed by atoms with van der Waals surface area (Å²) in [7, 11) is 0. The molecular weight excluding hydrogens is 485 g/mol. The highest BCUT2D eigenvalue weighted by atomic mass is 32.1. The van der Waals surface area contributed by atoms with Gasteiger partial charge < -0.3 is 15.0 Å². The number of rotatable bonds is 9. The van der Waals surface area contributed by atoms with Crippen LogP contribution in [0.25, 0.3) is 21.3 Å². The Balaban J connectivity index is 1.20. The summed E-state index contributed by atoms with van der Waals surface area (Å²) < 4.78 is 44.6. The van der Waals surface area contributed by atoms with Crippen molar-refractivity contribution in [3.8, 4) is 16.9 Å². The monoisotopic (exact) mass is 512 g/mol. The lowest BCUT2D eigenvalue weighted by Crippen LogP contribution is -2.26. The minimum Gasteiger partial charge on any atom is -0.463 e. The molecule has 0 bridgehead atoms. The number of nitrogens with one attached hydrogen (secondary N) is 1. The van der Waals surface area contributed by atoms with Crippen molar-refractivity contribution in [2.45, 2.75) is 32.1 Å². The lowest BCUT2D eigenvalue weighted by molar-refractivity contribution is 0.0256. The number of ether oxygens (including phenoxy) is 1. The average Bonchev–Trinajstić information content (AvgIpc) is 3.43. The lowest BCUT2D eigenvalue weighted by Gasteiger charge is -2.17. The van der Waals surface area contributed by atoms with Crippen LogP contribution in [0.4, 0.5) is 24.9 Å². The number of thiophene rings is 1. The van der Waals surface area contributed by atoms with E-state index in [4.69, 9.17) is 4.74 Å². The number of fused-ring (bicyclic) bond motifs is 1. The fourth-order valence-corrected chi connectivity index (χ4v) is 5.26. The van der Waals surface area contributed by atoms with E-state index in [-0.39, 0.29) is 19.5 Å². The molecule has 0 unspecified atom stereocenters. The summed E-state index contributed by atoms with van der Waals surface area (Å²) in [4.78, 5) is 12.7. The molecule has 3 heterocycles. The molecule has 2 aromatic heterocycles. The fraction of sp³-hybridized carbons (Fsp3) is 0.333.